The Kier molecular flexibility index (Phi) is 7.98. The highest BCUT2D eigenvalue weighted by atomic mass is 35.5. The summed E-state index contributed by atoms with van der Waals surface area (Å²) in [6.45, 7) is 3.31. The van der Waals surface area contributed by atoms with Crippen molar-refractivity contribution in [3.8, 4) is 17.2 Å². The number of hydrogen-bond donors (Lipinski definition) is 1. The number of hydrogen-bond acceptors (Lipinski definition) is 9. The van der Waals surface area contributed by atoms with Crippen LogP contribution in [-0.2, 0) is 22.9 Å². The number of furan rings is 1. The number of rotatable bonds is 11. The van der Waals surface area contributed by atoms with Crippen molar-refractivity contribution in [2.24, 2.45) is 0 Å². The normalized spacial score (nSPS) is 13.2. The van der Waals surface area contributed by atoms with Gasteiger partial charge in [0.15, 0.2) is 0 Å². The number of para-hydroxylation sites is 1. The van der Waals surface area contributed by atoms with Gasteiger partial charge in [-0.2, -0.15) is 0 Å². The van der Waals surface area contributed by atoms with Gasteiger partial charge in [-0.1, -0.05) is 24.6 Å². The van der Waals surface area contributed by atoms with Crippen LogP contribution in [0.15, 0.2) is 53.4 Å². The number of aryl methyl sites for hydroxylation is 2. The van der Waals surface area contributed by atoms with Crippen LogP contribution in [0.1, 0.15) is 37.2 Å². The monoisotopic (exact) mass is 546 g/mol. The Hall–Kier alpha value is -3.64. The fourth-order valence-electron chi connectivity index (χ4n) is 3.78. The van der Waals surface area contributed by atoms with E-state index in [0.717, 1.165) is 5.76 Å². The summed E-state index contributed by atoms with van der Waals surface area (Å²) in [4.78, 5) is 8.35. The Balaban J connectivity index is 1.73. The molecule has 0 spiro atoms. The molecule has 0 unspecified atom stereocenters. The molecule has 0 saturated carbocycles. The fourth-order valence-corrected chi connectivity index (χ4v) is 5.11. The number of aromatic nitrogens is 5. The van der Waals surface area contributed by atoms with E-state index in [1.807, 2.05) is 6.07 Å². The lowest BCUT2D eigenvalue weighted by atomic mass is 10.1. The molecule has 37 heavy (non-hydrogen) atoms. The van der Waals surface area contributed by atoms with Crippen LogP contribution in [0.2, 0.25) is 5.02 Å². The molecule has 0 amide bonds. The van der Waals surface area contributed by atoms with E-state index in [-0.39, 0.29) is 5.95 Å². The van der Waals surface area contributed by atoms with E-state index in [1.54, 1.807) is 48.9 Å². The van der Waals surface area contributed by atoms with Gasteiger partial charge < -0.3 is 13.9 Å². The topological polar surface area (TPSA) is 134 Å². The summed E-state index contributed by atoms with van der Waals surface area (Å²) in [5.41, 5.74) is 0.464. The number of anilines is 1. The Bertz CT molecular complexity index is 1420. The van der Waals surface area contributed by atoms with E-state index in [2.05, 4.69) is 24.9 Å². The summed E-state index contributed by atoms with van der Waals surface area (Å²) in [6.07, 6.45) is 5.40. The second-order valence-electron chi connectivity index (χ2n) is 8.27. The fraction of sp³-hybridized carbons (Fsp3) is 0.333. The Labute approximate surface area is 219 Å². The molecule has 11 nitrogen and oxygen atoms in total. The van der Waals surface area contributed by atoms with Crippen LogP contribution in [0.25, 0.3) is 5.69 Å². The van der Waals surface area contributed by atoms with Gasteiger partial charge in [-0.05, 0) is 31.2 Å². The van der Waals surface area contributed by atoms with E-state index in [9.17, 15) is 8.42 Å². The van der Waals surface area contributed by atoms with E-state index >= 15 is 0 Å². The highest BCUT2D eigenvalue weighted by molar-refractivity contribution is 7.93. The maximum absolute atomic E-state index is 13.5. The van der Waals surface area contributed by atoms with Crippen molar-refractivity contribution in [1.82, 2.24) is 24.7 Å². The molecular formula is C24H27ClN6O5S. The minimum atomic E-state index is -3.97. The molecule has 13 heteroatoms. The molecule has 0 aliphatic rings. The molecule has 1 N–H and O–H groups in total. The zero-order valence-corrected chi connectivity index (χ0v) is 22.3. The average molecular weight is 547 g/mol. The molecule has 0 aliphatic carbocycles. The van der Waals surface area contributed by atoms with Gasteiger partial charge in [-0.3, -0.25) is 9.29 Å². The first-order valence-corrected chi connectivity index (χ1v) is 13.3. The van der Waals surface area contributed by atoms with Crippen molar-refractivity contribution in [2.45, 2.75) is 37.9 Å². The summed E-state index contributed by atoms with van der Waals surface area (Å²) < 4.78 is 47.8. The van der Waals surface area contributed by atoms with Gasteiger partial charge >= 0.3 is 0 Å². The third-order valence-electron chi connectivity index (χ3n) is 6.01. The third-order valence-corrected chi connectivity index (χ3v) is 8.05. The number of benzene rings is 1. The number of nitrogens with one attached hydrogen (secondary N) is 1. The standard InChI is InChI=1S/C24H27ClN6O5S/c1-15(23-26-13-17(25)14-27-23)16(2)37(32,33)30-24-29-28-21(11-10-18-7-6-12-36-18)31(24)22-19(34-3)8-5-9-20(22)35-4/h5-9,12-16H,10-11H2,1-4H3,(H,29,30)/t15-,16-/m0/s1. The summed E-state index contributed by atoms with van der Waals surface area (Å²) in [6, 6.07) is 8.92. The average Bonchev–Trinajstić information content (AvgIpc) is 3.56. The van der Waals surface area contributed by atoms with Crippen LogP contribution in [0.4, 0.5) is 5.95 Å². The third kappa shape index (κ3) is 5.70. The molecule has 0 radical (unpaired) electrons. The SMILES string of the molecule is COc1cccc(OC)c1-n1c(CCc2ccco2)nnc1NS(=O)(=O)[C@@H](C)[C@H](C)c1ncc(Cl)cn1. The number of sulfonamides is 1. The molecule has 0 aliphatic heterocycles. The smallest absolute Gasteiger partial charge is 0.243 e. The maximum atomic E-state index is 13.5. The summed E-state index contributed by atoms with van der Waals surface area (Å²) in [5, 5.41) is 7.93. The zero-order valence-electron chi connectivity index (χ0n) is 20.8. The molecule has 1 aromatic carbocycles. The lowest BCUT2D eigenvalue weighted by Crippen LogP contribution is -2.31. The van der Waals surface area contributed by atoms with Crippen LogP contribution in [0, 0.1) is 0 Å². The molecule has 0 fully saturated rings. The summed E-state index contributed by atoms with van der Waals surface area (Å²) in [5.74, 6) is 1.96. The van der Waals surface area contributed by atoms with Crippen LogP contribution in [0.5, 0.6) is 11.5 Å². The molecule has 0 saturated heterocycles. The largest absolute Gasteiger partial charge is 0.494 e. The zero-order chi connectivity index (χ0) is 26.6. The Morgan fingerprint density at radius 2 is 1.70 bits per heavy atom. The first-order valence-electron chi connectivity index (χ1n) is 11.4. The summed E-state index contributed by atoms with van der Waals surface area (Å²) >= 11 is 5.88. The van der Waals surface area contributed by atoms with Gasteiger partial charge in [0, 0.05) is 31.2 Å². The van der Waals surface area contributed by atoms with Gasteiger partial charge in [0.2, 0.25) is 16.0 Å². The van der Waals surface area contributed by atoms with Crippen molar-refractivity contribution in [1.29, 1.82) is 0 Å². The van der Waals surface area contributed by atoms with Crippen molar-refractivity contribution < 1.29 is 22.3 Å². The number of nitrogens with zero attached hydrogens (tertiary/aromatic N) is 5. The molecule has 196 valence electrons. The van der Waals surface area contributed by atoms with Gasteiger partial charge in [0.05, 0.1) is 30.8 Å². The first-order chi connectivity index (χ1) is 17.7. The van der Waals surface area contributed by atoms with E-state index in [0.29, 0.717) is 46.7 Å². The molecule has 3 heterocycles. The van der Waals surface area contributed by atoms with E-state index < -0.39 is 21.2 Å². The maximum Gasteiger partial charge on any atom is 0.243 e. The highest BCUT2D eigenvalue weighted by Crippen LogP contribution is 2.36. The lowest BCUT2D eigenvalue weighted by Gasteiger charge is -2.21. The quantitative estimate of drug-likeness (QED) is 0.295. The van der Waals surface area contributed by atoms with E-state index in [4.69, 9.17) is 25.5 Å². The van der Waals surface area contributed by atoms with Gasteiger partial charge in [0.1, 0.15) is 34.6 Å². The van der Waals surface area contributed by atoms with Gasteiger partial charge in [0.25, 0.3) is 0 Å². The molecule has 0 bridgehead atoms. The molecule has 4 aromatic rings. The van der Waals surface area contributed by atoms with Crippen LogP contribution in [0.3, 0.4) is 0 Å². The summed E-state index contributed by atoms with van der Waals surface area (Å²) in [7, 11) is -0.934. The number of methoxy groups -OCH3 is 2. The van der Waals surface area contributed by atoms with E-state index in [1.165, 1.54) is 26.6 Å². The van der Waals surface area contributed by atoms with Crippen LogP contribution in [-0.4, -0.2) is 52.6 Å². The van der Waals surface area contributed by atoms with Crippen molar-refractivity contribution in [2.75, 3.05) is 18.9 Å². The van der Waals surface area contributed by atoms with Crippen LogP contribution >= 0.6 is 11.6 Å². The minimum Gasteiger partial charge on any atom is -0.494 e. The van der Waals surface area contributed by atoms with Crippen LogP contribution < -0.4 is 14.2 Å². The molecule has 3 aromatic heterocycles. The Morgan fingerprint density at radius 1 is 1.03 bits per heavy atom. The molecule has 4 rings (SSSR count). The second kappa shape index (κ2) is 11.2. The van der Waals surface area contributed by atoms with Crippen molar-refractivity contribution in [3.05, 3.63) is 71.4 Å². The predicted molar refractivity (Wildman–Crippen MR) is 138 cm³/mol. The van der Waals surface area contributed by atoms with Crippen molar-refractivity contribution in [3.63, 3.8) is 0 Å². The van der Waals surface area contributed by atoms with Gasteiger partial charge in [-0.25, -0.2) is 18.4 Å². The Morgan fingerprint density at radius 3 is 2.30 bits per heavy atom. The molecule has 2 atom stereocenters. The lowest BCUT2D eigenvalue weighted by molar-refractivity contribution is 0.390. The first kappa shape index (κ1) is 26.4. The predicted octanol–water partition coefficient (Wildman–Crippen LogP) is 4.04. The molecular weight excluding hydrogens is 520 g/mol. The number of halogens is 1. The van der Waals surface area contributed by atoms with Crippen molar-refractivity contribution >= 4 is 27.6 Å². The van der Waals surface area contributed by atoms with Gasteiger partial charge in [-0.15, -0.1) is 10.2 Å². The minimum absolute atomic E-state index is 0.00619. The number of ether oxygens (including phenoxy) is 2. The second-order valence-corrected chi connectivity index (χ2v) is 10.7. The highest BCUT2D eigenvalue weighted by Gasteiger charge is 2.32.